The lowest BCUT2D eigenvalue weighted by atomic mass is 10.0. The van der Waals surface area contributed by atoms with Crippen LogP contribution in [0.3, 0.4) is 0 Å². The SMILES string of the molecule is Cc1ccc(C(=O)NC(C(=O)N/N=C/c2cccc(OCC(N)=O)c2)C(C)C)cc1. The lowest BCUT2D eigenvalue weighted by Gasteiger charge is -2.20. The molecule has 4 N–H and O–H groups in total. The largest absolute Gasteiger partial charge is 0.484 e. The molecule has 0 aliphatic heterocycles. The summed E-state index contributed by atoms with van der Waals surface area (Å²) in [6.07, 6.45) is 1.44. The Morgan fingerprint density at radius 3 is 2.47 bits per heavy atom. The molecule has 0 saturated heterocycles. The lowest BCUT2D eigenvalue weighted by molar-refractivity contribution is -0.124. The number of hydrazone groups is 1. The minimum Gasteiger partial charge on any atom is -0.484 e. The van der Waals surface area contributed by atoms with Crippen LogP contribution in [0.2, 0.25) is 0 Å². The highest BCUT2D eigenvalue weighted by Crippen LogP contribution is 2.12. The number of nitrogens with zero attached hydrogens (tertiary/aromatic N) is 1. The molecule has 1 unspecified atom stereocenters. The highest BCUT2D eigenvalue weighted by molar-refractivity contribution is 5.97. The third-order valence-electron chi connectivity index (χ3n) is 4.18. The van der Waals surface area contributed by atoms with Crippen LogP contribution in [0.25, 0.3) is 0 Å². The molecule has 0 spiro atoms. The monoisotopic (exact) mass is 410 g/mol. The highest BCUT2D eigenvalue weighted by Gasteiger charge is 2.24. The first-order valence-electron chi connectivity index (χ1n) is 9.48. The minimum atomic E-state index is -0.749. The number of hydrogen-bond donors (Lipinski definition) is 3. The van der Waals surface area contributed by atoms with E-state index in [4.69, 9.17) is 10.5 Å². The van der Waals surface area contributed by atoms with E-state index in [1.165, 1.54) is 6.21 Å². The Balaban J connectivity index is 1.98. The molecule has 0 aromatic heterocycles. The molecule has 0 fully saturated rings. The van der Waals surface area contributed by atoms with Gasteiger partial charge in [0.15, 0.2) is 6.61 Å². The number of hydrogen-bond acceptors (Lipinski definition) is 5. The van der Waals surface area contributed by atoms with Crippen molar-refractivity contribution in [2.75, 3.05) is 6.61 Å². The predicted molar refractivity (Wildman–Crippen MR) is 114 cm³/mol. The average Bonchev–Trinajstić information content (AvgIpc) is 2.70. The van der Waals surface area contributed by atoms with Crippen LogP contribution in [0.15, 0.2) is 53.6 Å². The molecule has 2 rings (SSSR count). The number of ether oxygens (including phenoxy) is 1. The predicted octanol–water partition coefficient (Wildman–Crippen LogP) is 1.76. The van der Waals surface area contributed by atoms with Gasteiger partial charge in [-0.1, -0.05) is 43.7 Å². The Kier molecular flexibility index (Phi) is 8.10. The molecule has 0 bridgehead atoms. The summed E-state index contributed by atoms with van der Waals surface area (Å²) in [6, 6.07) is 13.2. The van der Waals surface area contributed by atoms with Gasteiger partial charge in [0.25, 0.3) is 17.7 Å². The molecule has 2 aromatic rings. The number of amides is 3. The van der Waals surface area contributed by atoms with Crippen LogP contribution in [0.4, 0.5) is 0 Å². The van der Waals surface area contributed by atoms with Crippen molar-refractivity contribution in [2.24, 2.45) is 16.8 Å². The summed E-state index contributed by atoms with van der Waals surface area (Å²) in [5.74, 6) is -1.02. The first kappa shape index (κ1) is 22.6. The lowest BCUT2D eigenvalue weighted by Crippen LogP contribution is -2.48. The van der Waals surface area contributed by atoms with Gasteiger partial charge in [-0.3, -0.25) is 14.4 Å². The van der Waals surface area contributed by atoms with E-state index in [9.17, 15) is 14.4 Å². The van der Waals surface area contributed by atoms with Crippen molar-refractivity contribution in [2.45, 2.75) is 26.8 Å². The summed E-state index contributed by atoms with van der Waals surface area (Å²) >= 11 is 0. The molecule has 0 saturated carbocycles. The van der Waals surface area contributed by atoms with Gasteiger partial charge < -0.3 is 15.8 Å². The summed E-state index contributed by atoms with van der Waals surface area (Å²) in [7, 11) is 0. The molecule has 8 heteroatoms. The minimum absolute atomic E-state index is 0.139. The molecular weight excluding hydrogens is 384 g/mol. The first-order chi connectivity index (χ1) is 14.3. The van der Waals surface area contributed by atoms with Crippen LogP contribution in [0.5, 0.6) is 5.75 Å². The number of aryl methyl sites for hydroxylation is 1. The van der Waals surface area contributed by atoms with E-state index >= 15 is 0 Å². The fourth-order valence-electron chi connectivity index (χ4n) is 2.54. The molecule has 0 aliphatic rings. The number of carbonyl (C=O) groups is 3. The van der Waals surface area contributed by atoms with Gasteiger partial charge in [-0.2, -0.15) is 5.10 Å². The summed E-state index contributed by atoms with van der Waals surface area (Å²) in [6.45, 7) is 5.38. The van der Waals surface area contributed by atoms with Crippen molar-refractivity contribution in [1.82, 2.24) is 10.7 Å². The van der Waals surface area contributed by atoms with Crippen molar-refractivity contribution in [3.8, 4) is 5.75 Å². The molecule has 2 aromatic carbocycles. The molecule has 158 valence electrons. The van der Waals surface area contributed by atoms with Gasteiger partial charge in [0.1, 0.15) is 11.8 Å². The van der Waals surface area contributed by atoms with Gasteiger partial charge in [-0.15, -0.1) is 0 Å². The molecular formula is C22H26N4O4. The Morgan fingerprint density at radius 2 is 1.83 bits per heavy atom. The Bertz CT molecular complexity index is 923. The second-order valence-electron chi connectivity index (χ2n) is 7.12. The maximum absolute atomic E-state index is 12.5. The number of nitrogens with two attached hydrogens (primary N) is 1. The van der Waals surface area contributed by atoms with Crippen molar-refractivity contribution in [3.05, 3.63) is 65.2 Å². The average molecular weight is 410 g/mol. The number of primary amides is 1. The second-order valence-corrected chi connectivity index (χ2v) is 7.12. The fourth-order valence-corrected chi connectivity index (χ4v) is 2.54. The van der Waals surface area contributed by atoms with Crippen LogP contribution in [0, 0.1) is 12.8 Å². The van der Waals surface area contributed by atoms with Crippen molar-refractivity contribution in [1.29, 1.82) is 0 Å². The van der Waals surface area contributed by atoms with Crippen molar-refractivity contribution in [3.63, 3.8) is 0 Å². The summed E-state index contributed by atoms with van der Waals surface area (Å²) in [5, 5.41) is 6.70. The van der Waals surface area contributed by atoms with E-state index < -0.39 is 17.9 Å². The van der Waals surface area contributed by atoms with E-state index in [1.807, 2.05) is 32.9 Å². The molecule has 8 nitrogen and oxygen atoms in total. The molecule has 3 amide bonds. The van der Waals surface area contributed by atoms with Gasteiger partial charge in [0.05, 0.1) is 6.21 Å². The Morgan fingerprint density at radius 1 is 1.13 bits per heavy atom. The quantitative estimate of drug-likeness (QED) is 0.430. The van der Waals surface area contributed by atoms with E-state index in [0.717, 1.165) is 5.56 Å². The van der Waals surface area contributed by atoms with Crippen LogP contribution in [0.1, 0.15) is 35.3 Å². The molecule has 0 heterocycles. The second kappa shape index (κ2) is 10.8. The maximum atomic E-state index is 12.5. The maximum Gasteiger partial charge on any atom is 0.262 e. The number of nitrogens with one attached hydrogen (secondary N) is 2. The number of carbonyl (C=O) groups excluding carboxylic acids is 3. The summed E-state index contributed by atoms with van der Waals surface area (Å²) in [4.78, 5) is 35.8. The van der Waals surface area contributed by atoms with Crippen molar-refractivity contribution >= 4 is 23.9 Å². The zero-order valence-corrected chi connectivity index (χ0v) is 17.2. The van der Waals surface area contributed by atoms with Gasteiger partial charge in [0.2, 0.25) is 0 Å². The normalized spacial score (nSPS) is 11.9. The van der Waals surface area contributed by atoms with Crippen LogP contribution >= 0.6 is 0 Å². The third kappa shape index (κ3) is 7.05. The van der Waals surface area contributed by atoms with Gasteiger partial charge in [-0.05, 0) is 42.7 Å². The number of benzene rings is 2. The zero-order chi connectivity index (χ0) is 22.1. The topological polar surface area (TPSA) is 123 Å². The Hall–Kier alpha value is -3.68. The van der Waals surface area contributed by atoms with Gasteiger partial charge >= 0.3 is 0 Å². The highest BCUT2D eigenvalue weighted by atomic mass is 16.5. The van der Waals surface area contributed by atoms with Crippen LogP contribution in [-0.2, 0) is 9.59 Å². The van der Waals surface area contributed by atoms with E-state index in [0.29, 0.717) is 16.9 Å². The fraction of sp³-hybridized carbons (Fsp3) is 0.273. The van der Waals surface area contributed by atoms with Gasteiger partial charge in [0, 0.05) is 5.56 Å². The summed E-state index contributed by atoms with van der Waals surface area (Å²) in [5.41, 5.74) is 9.69. The van der Waals surface area contributed by atoms with E-state index in [2.05, 4.69) is 15.8 Å². The van der Waals surface area contributed by atoms with Crippen molar-refractivity contribution < 1.29 is 19.1 Å². The zero-order valence-electron chi connectivity index (χ0n) is 17.2. The Labute approximate surface area is 175 Å². The molecule has 0 radical (unpaired) electrons. The number of rotatable bonds is 9. The summed E-state index contributed by atoms with van der Waals surface area (Å²) < 4.78 is 5.23. The molecule has 1 atom stereocenters. The van der Waals surface area contributed by atoms with E-state index in [-0.39, 0.29) is 18.4 Å². The smallest absolute Gasteiger partial charge is 0.262 e. The van der Waals surface area contributed by atoms with Gasteiger partial charge in [-0.25, -0.2) is 5.43 Å². The molecule has 0 aliphatic carbocycles. The first-order valence-corrected chi connectivity index (χ1v) is 9.48. The van der Waals surface area contributed by atoms with Crippen LogP contribution < -0.4 is 21.2 Å². The van der Waals surface area contributed by atoms with E-state index in [1.54, 1.807) is 36.4 Å². The third-order valence-corrected chi connectivity index (χ3v) is 4.18. The standard InChI is InChI=1S/C22H26N4O4/c1-14(2)20(25-21(28)17-9-7-15(3)8-10-17)22(29)26-24-12-16-5-4-6-18(11-16)30-13-19(23)27/h4-12,14,20H,13H2,1-3H3,(H2,23,27)(H,25,28)(H,26,29)/b24-12+. The molecule has 30 heavy (non-hydrogen) atoms. The van der Waals surface area contributed by atoms with Crippen LogP contribution in [-0.4, -0.2) is 36.6 Å².